The Morgan fingerprint density at radius 2 is 1.89 bits per heavy atom. The maximum Gasteiger partial charge on any atom is 0.169 e. The van der Waals surface area contributed by atoms with Crippen molar-refractivity contribution in [2.75, 3.05) is 18.8 Å². The molecule has 0 amide bonds. The molecule has 94 valence electrons. The second-order valence-corrected chi connectivity index (χ2v) is 4.76. The van der Waals surface area contributed by atoms with Crippen LogP contribution in [0.1, 0.15) is 24.3 Å². The molecule has 0 saturated carbocycles. The SMILES string of the molecule is Nc1cc(-c2ccc(C3CCNCC3)cc2)on1. The molecule has 1 fully saturated rings. The molecule has 2 aromatic rings. The molecule has 0 bridgehead atoms. The van der Waals surface area contributed by atoms with E-state index in [1.54, 1.807) is 6.07 Å². The summed E-state index contributed by atoms with van der Waals surface area (Å²) in [6, 6.07) is 10.3. The predicted molar refractivity (Wildman–Crippen MR) is 71.2 cm³/mol. The minimum atomic E-state index is 0.424. The lowest BCUT2D eigenvalue weighted by atomic mass is 9.90. The Morgan fingerprint density at radius 3 is 2.50 bits per heavy atom. The van der Waals surface area contributed by atoms with Gasteiger partial charge < -0.3 is 15.6 Å². The van der Waals surface area contributed by atoms with Gasteiger partial charge >= 0.3 is 0 Å². The normalized spacial score (nSPS) is 16.9. The Morgan fingerprint density at radius 1 is 1.17 bits per heavy atom. The molecule has 0 unspecified atom stereocenters. The molecule has 2 heterocycles. The molecule has 1 saturated heterocycles. The van der Waals surface area contributed by atoms with Gasteiger partial charge in [0.1, 0.15) is 0 Å². The van der Waals surface area contributed by atoms with Gasteiger partial charge in [0, 0.05) is 11.6 Å². The summed E-state index contributed by atoms with van der Waals surface area (Å²) < 4.78 is 5.15. The summed E-state index contributed by atoms with van der Waals surface area (Å²) in [6.07, 6.45) is 2.43. The van der Waals surface area contributed by atoms with Gasteiger partial charge in [-0.3, -0.25) is 0 Å². The fraction of sp³-hybridized carbons (Fsp3) is 0.357. The fourth-order valence-electron chi connectivity index (χ4n) is 2.50. The monoisotopic (exact) mass is 243 g/mol. The zero-order valence-corrected chi connectivity index (χ0v) is 10.2. The van der Waals surface area contributed by atoms with E-state index in [9.17, 15) is 0 Å². The van der Waals surface area contributed by atoms with Crippen LogP contribution < -0.4 is 11.1 Å². The van der Waals surface area contributed by atoms with E-state index >= 15 is 0 Å². The van der Waals surface area contributed by atoms with Crippen molar-refractivity contribution in [2.45, 2.75) is 18.8 Å². The number of hydrogen-bond donors (Lipinski definition) is 2. The zero-order valence-electron chi connectivity index (χ0n) is 10.2. The summed E-state index contributed by atoms with van der Waals surface area (Å²) in [5.41, 5.74) is 7.99. The Hall–Kier alpha value is -1.81. The number of piperidine rings is 1. The van der Waals surface area contributed by atoms with Crippen LogP contribution in [-0.2, 0) is 0 Å². The fourth-order valence-corrected chi connectivity index (χ4v) is 2.50. The zero-order chi connectivity index (χ0) is 12.4. The number of nitrogen functional groups attached to an aromatic ring is 1. The van der Waals surface area contributed by atoms with E-state index in [0.29, 0.717) is 11.7 Å². The third kappa shape index (κ3) is 2.24. The van der Waals surface area contributed by atoms with E-state index in [1.165, 1.54) is 18.4 Å². The number of nitrogens with zero attached hydrogens (tertiary/aromatic N) is 1. The summed E-state index contributed by atoms with van der Waals surface area (Å²) in [6.45, 7) is 2.23. The number of rotatable bonds is 2. The predicted octanol–water partition coefficient (Wildman–Crippen LogP) is 2.39. The first-order valence-electron chi connectivity index (χ1n) is 6.36. The summed E-state index contributed by atoms with van der Waals surface area (Å²) in [7, 11) is 0. The average molecular weight is 243 g/mol. The number of benzene rings is 1. The molecule has 4 nitrogen and oxygen atoms in total. The van der Waals surface area contributed by atoms with Gasteiger partial charge in [-0.2, -0.15) is 0 Å². The largest absolute Gasteiger partial charge is 0.381 e. The van der Waals surface area contributed by atoms with Crippen LogP contribution in [0.2, 0.25) is 0 Å². The minimum absolute atomic E-state index is 0.424. The van der Waals surface area contributed by atoms with Crippen molar-refractivity contribution in [3.05, 3.63) is 35.9 Å². The number of nitrogens with two attached hydrogens (primary N) is 1. The van der Waals surface area contributed by atoms with E-state index in [2.05, 4.69) is 34.7 Å². The highest BCUT2D eigenvalue weighted by Gasteiger charge is 2.15. The Balaban J connectivity index is 1.80. The van der Waals surface area contributed by atoms with Crippen molar-refractivity contribution in [3.8, 4) is 11.3 Å². The molecule has 0 aliphatic carbocycles. The van der Waals surface area contributed by atoms with E-state index in [-0.39, 0.29) is 0 Å². The van der Waals surface area contributed by atoms with Crippen LogP contribution in [0.4, 0.5) is 5.82 Å². The van der Waals surface area contributed by atoms with Crippen molar-refractivity contribution in [1.29, 1.82) is 0 Å². The highest BCUT2D eigenvalue weighted by atomic mass is 16.5. The molecule has 0 spiro atoms. The van der Waals surface area contributed by atoms with Gasteiger partial charge in [-0.1, -0.05) is 29.4 Å². The standard InChI is InChI=1S/C14H17N3O/c15-14-9-13(18-17-14)12-3-1-10(2-4-12)11-5-7-16-8-6-11/h1-4,9,11,16H,5-8H2,(H2,15,17). The van der Waals surface area contributed by atoms with Crippen molar-refractivity contribution in [1.82, 2.24) is 10.5 Å². The van der Waals surface area contributed by atoms with Gasteiger partial charge in [-0.15, -0.1) is 0 Å². The van der Waals surface area contributed by atoms with Crippen LogP contribution in [0.25, 0.3) is 11.3 Å². The molecule has 18 heavy (non-hydrogen) atoms. The maximum atomic E-state index is 5.55. The van der Waals surface area contributed by atoms with Crippen LogP contribution in [0.15, 0.2) is 34.9 Å². The van der Waals surface area contributed by atoms with Crippen molar-refractivity contribution in [3.63, 3.8) is 0 Å². The molecule has 1 aromatic heterocycles. The highest BCUT2D eigenvalue weighted by molar-refractivity contribution is 5.60. The van der Waals surface area contributed by atoms with Crippen LogP contribution in [0, 0.1) is 0 Å². The average Bonchev–Trinajstić information content (AvgIpc) is 2.87. The molecule has 0 atom stereocenters. The van der Waals surface area contributed by atoms with Gasteiger partial charge in [0.25, 0.3) is 0 Å². The minimum Gasteiger partial charge on any atom is -0.381 e. The number of aromatic nitrogens is 1. The van der Waals surface area contributed by atoms with Gasteiger partial charge in [-0.25, -0.2) is 0 Å². The quantitative estimate of drug-likeness (QED) is 0.850. The van der Waals surface area contributed by atoms with Gasteiger partial charge in [-0.05, 0) is 37.4 Å². The lowest BCUT2D eigenvalue weighted by Crippen LogP contribution is -2.26. The van der Waals surface area contributed by atoms with Crippen LogP contribution >= 0.6 is 0 Å². The van der Waals surface area contributed by atoms with Crippen LogP contribution in [0.3, 0.4) is 0 Å². The van der Waals surface area contributed by atoms with Crippen molar-refractivity contribution >= 4 is 5.82 Å². The molecular weight excluding hydrogens is 226 g/mol. The molecule has 4 heteroatoms. The van der Waals surface area contributed by atoms with Gasteiger partial charge in [0.15, 0.2) is 11.6 Å². The van der Waals surface area contributed by atoms with Crippen LogP contribution in [0.5, 0.6) is 0 Å². The van der Waals surface area contributed by atoms with E-state index < -0.39 is 0 Å². The van der Waals surface area contributed by atoms with Crippen molar-refractivity contribution in [2.24, 2.45) is 0 Å². The second-order valence-electron chi connectivity index (χ2n) is 4.76. The topological polar surface area (TPSA) is 64.1 Å². The molecule has 1 aliphatic rings. The summed E-state index contributed by atoms with van der Waals surface area (Å²) in [5.74, 6) is 1.83. The first kappa shape index (κ1) is 11.3. The molecular formula is C14H17N3O. The van der Waals surface area contributed by atoms with Gasteiger partial charge in [0.2, 0.25) is 0 Å². The Bertz CT molecular complexity index is 512. The first-order chi connectivity index (χ1) is 8.83. The highest BCUT2D eigenvalue weighted by Crippen LogP contribution is 2.28. The van der Waals surface area contributed by atoms with Crippen LogP contribution in [-0.4, -0.2) is 18.2 Å². The number of anilines is 1. The van der Waals surface area contributed by atoms with E-state index in [1.807, 2.05) is 0 Å². The molecule has 0 radical (unpaired) electrons. The third-order valence-electron chi connectivity index (χ3n) is 3.53. The summed E-state index contributed by atoms with van der Waals surface area (Å²) >= 11 is 0. The maximum absolute atomic E-state index is 5.55. The second kappa shape index (κ2) is 4.82. The van der Waals surface area contributed by atoms with E-state index in [4.69, 9.17) is 10.3 Å². The summed E-state index contributed by atoms with van der Waals surface area (Å²) in [5, 5.41) is 7.09. The molecule has 3 rings (SSSR count). The van der Waals surface area contributed by atoms with Crippen molar-refractivity contribution < 1.29 is 4.52 Å². The first-order valence-corrected chi connectivity index (χ1v) is 6.36. The number of hydrogen-bond acceptors (Lipinski definition) is 4. The Kier molecular flexibility index (Phi) is 3.02. The Labute approximate surface area is 106 Å². The third-order valence-corrected chi connectivity index (χ3v) is 3.53. The summed E-state index contributed by atoms with van der Waals surface area (Å²) in [4.78, 5) is 0. The van der Waals surface area contributed by atoms with E-state index in [0.717, 1.165) is 24.4 Å². The lowest BCUT2D eigenvalue weighted by molar-refractivity contribution is 0.435. The smallest absolute Gasteiger partial charge is 0.169 e. The molecule has 3 N–H and O–H groups in total. The molecule has 1 aromatic carbocycles. The van der Waals surface area contributed by atoms with Gasteiger partial charge in [0.05, 0.1) is 0 Å². The lowest BCUT2D eigenvalue weighted by Gasteiger charge is -2.22. The number of nitrogens with one attached hydrogen (secondary N) is 1. The molecule has 1 aliphatic heterocycles.